The number of pyridine rings is 1. The molecule has 3 aliphatic rings. The first kappa shape index (κ1) is 28.0. The molecule has 12 heteroatoms. The molecule has 1 aromatic carbocycles. The van der Waals surface area contributed by atoms with E-state index in [4.69, 9.17) is 9.72 Å². The summed E-state index contributed by atoms with van der Waals surface area (Å²) in [5, 5.41) is 18.5. The molecule has 0 aliphatic carbocycles. The van der Waals surface area contributed by atoms with Crippen LogP contribution in [0.4, 0.5) is 19.0 Å². The number of H-pyrrole nitrogens is 1. The largest absolute Gasteiger partial charge is 0.461 e. The molecule has 0 amide bonds. The van der Waals surface area contributed by atoms with Gasteiger partial charge in [0, 0.05) is 54.8 Å². The fourth-order valence-electron chi connectivity index (χ4n) is 7.21. The van der Waals surface area contributed by atoms with Gasteiger partial charge in [-0.2, -0.15) is 15.1 Å². The van der Waals surface area contributed by atoms with Gasteiger partial charge in [-0.3, -0.25) is 15.0 Å². The number of aromatic nitrogens is 5. The number of ether oxygens (including phenoxy) is 1. The normalized spacial score (nSPS) is 26.3. The van der Waals surface area contributed by atoms with Crippen LogP contribution in [0.3, 0.4) is 0 Å². The molecule has 7 rings (SSSR count). The summed E-state index contributed by atoms with van der Waals surface area (Å²) in [5.74, 6) is -0.897. The topological polar surface area (TPSA) is 103 Å². The number of β-amino-alcohol motifs (C(OH)–C–C–N with tert-alkyl or cyclic N) is 1. The Hall–Kier alpha value is -3.77. The van der Waals surface area contributed by atoms with Gasteiger partial charge in [0.25, 0.3) is 0 Å². The molecule has 2 N–H and O–H groups in total. The van der Waals surface area contributed by atoms with E-state index in [1.807, 2.05) is 4.90 Å². The van der Waals surface area contributed by atoms with Gasteiger partial charge in [-0.05, 0) is 46.1 Å². The van der Waals surface area contributed by atoms with E-state index in [2.05, 4.69) is 25.1 Å². The van der Waals surface area contributed by atoms with Crippen molar-refractivity contribution in [3.63, 3.8) is 0 Å². The molecule has 3 aromatic heterocycles. The minimum absolute atomic E-state index is 0.0295. The Balaban J connectivity index is 1.38. The zero-order valence-corrected chi connectivity index (χ0v) is 24.2. The van der Waals surface area contributed by atoms with E-state index in [0.717, 1.165) is 19.4 Å². The zero-order chi connectivity index (χ0) is 29.9. The lowest BCUT2D eigenvalue weighted by Gasteiger charge is -2.38. The number of anilines is 1. The highest BCUT2D eigenvalue weighted by Gasteiger charge is 2.49. The first-order valence-corrected chi connectivity index (χ1v) is 14.8. The fourth-order valence-corrected chi connectivity index (χ4v) is 7.21. The third kappa shape index (κ3) is 4.80. The van der Waals surface area contributed by atoms with Gasteiger partial charge in [-0.25, -0.2) is 13.2 Å². The van der Waals surface area contributed by atoms with Crippen molar-refractivity contribution in [2.45, 2.75) is 63.3 Å². The van der Waals surface area contributed by atoms with Gasteiger partial charge < -0.3 is 14.7 Å². The number of halogens is 3. The van der Waals surface area contributed by atoms with E-state index in [1.165, 1.54) is 18.5 Å². The minimum Gasteiger partial charge on any atom is -0.461 e. The van der Waals surface area contributed by atoms with Gasteiger partial charge in [0.15, 0.2) is 5.82 Å². The van der Waals surface area contributed by atoms with E-state index in [1.54, 1.807) is 26.0 Å². The average Bonchev–Trinajstić information content (AvgIpc) is 3.66. The molecule has 3 fully saturated rings. The Bertz CT molecular complexity index is 1740. The number of hydrogen-bond acceptors (Lipinski definition) is 8. The molecular formula is C31H34F3N7O2. The SMILES string of the molecule is C/C=C\c1c(F)cc2[nH]ncc2c1-c1ncc2c(N3CCC[C@@](C)(O)C3)nc(OC[C@@]34CCCN3C[C@H](F)C4)nc2c1F. The molecule has 6 heterocycles. The summed E-state index contributed by atoms with van der Waals surface area (Å²) < 4.78 is 52.6. The smallest absolute Gasteiger partial charge is 0.319 e. The number of nitrogens with one attached hydrogen (secondary N) is 1. The molecule has 0 unspecified atom stereocenters. The number of alkyl halides is 1. The molecule has 0 radical (unpaired) electrons. The quantitative estimate of drug-likeness (QED) is 0.315. The van der Waals surface area contributed by atoms with Gasteiger partial charge in [0.2, 0.25) is 0 Å². The van der Waals surface area contributed by atoms with Gasteiger partial charge in [0.05, 0.1) is 28.2 Å². The van der Waals surface area contributed by atoms with Crippen LogP contribution in [0.2, 0.25) is 0 Å². The summed E-state index contributed by atoms with van der Waals surface area (Å²) >= 11 is 0. The number of benzene rings is 1. The van der Waals surface area contributed by atoms with Gasteiger partial charge in [0.1, 0.15) is 35.6 Å². The zero-order valence-electron chi connectivity index (χ0n) is 24.2. The van der Waals surface area contributed by atoms with E-state index >= 15 is 8.78 Å². The molecule has 3 aliphatic heterocycles. The van der Waals surface area contributed by atoms with E-state index in [9.17, 15) is 9.50 Å². The monoisotopic (exact) mass is 593 g/mol. The second kappa shape index (κ2) is 10.4. The molecule has 3 atom stereocenters. The standard InChI is InChI=1S/C31H34F3N7O2/c1-3-6-19-22(33)11-23-20(14-36-39-23)24(19)27-25(34)26-21(13-35-27)28(40-9-4-7-30(2,42)16-40)38-29(37-26)43-17-31-8-5-10-41(31)15-18(32)12-31/h3,6,11,13-14,18,42H,4-5,7-10,12,15-17H2,1-2H3,(H,36,39)/b6-3-/t18-,30-,31+/m1/s1. The Morgan fingerprint density at radius 3 is 2.81 bits per heavy atom. The molecule has 0 saturated carbocycles. The number of piperidine rings is 1. The van der Waals surface area contributed by atoms with Crippen LogP contribution in [0.5, 0.6) is 6.01 Å². The Morgan fingerprint density at radius 1 is 1.16 bits per heavy atom. The highest BCUT2D eigenvalue weighted by molar-refractivity contribution is 6.01. The molecule has 3 saturated heterocycles. The lowest BCUT2D eigenvalue weighted by molar-refractivity contribution is 0.0447. The Morgan fingerprint density at radius 2 is 2.00 bits per heavy atom. The van der Waals surface area contributed by atoms with E-state index in [-0.39, 0.29) is 41.5 Å². The molecule has 43 heavy (non-hydrogen) atoms. The van der Waals surface area contributed by atoms with Crippen LogP contribution in [0, 0.1) is 11.6 Å². The number of aromatic amines is 1. The fraction of sp³-hybridized carbons (Fsp3) is 0.484. The van der Waals surface area contributed by atoms with Crippen molar-refractivity contribution in [1.82, 2.24) is 30.0 Å². The maximum Gasteiger partial charge on any atom is 0.319 e. The van der Waals surface area contributed by atoms with Crippen molar-refractivity contribution >= 4 is 33.7 Å². The number of aliphatic hydroxyl groups is 1. The van der Waals surface area contributed by atoms with E-state index < -0.39 is 28.9 Å². The van der Waals surface area contributed by atoms with E-state index in [0.29, 0.717) is 54.5 Å². The van der Waals surface area contributed by atoms with Crippen LogP contribution in [-0.2, 0) is 0 Å². The number of nitrogens with zero attached hydrogens (tertiary/aromatic N) is 6. The molecule has 226 valence electrons. The summed E-state index contributed by atoms with van der Waals surface area (Å²) in [5.41, 5.74) is -0.658. The van der Waals surface area contributed by atoms with Gasteiger partial charge in [-0.15, -0.1) is 0 Å². The van der Waals surface area contributed by atoms with Gasteiger partial charge in [-0.1, -0.05) is 12.2 Å². The first-order chi connectivity index (χ1) is 20.7. The maximum atomic E-state index is 16.7. The van der Waals surface area contributed by atoms with Gasteiger partial charge >= 0.3 is 6.01 Å². The molecule has 0 spiro atoms. The van der Waals surface area contributed by atoms with Crippen LogP contribution < -0.4 is 9.64 Å². The minimum atomic E-state index is -0.957. The van der Waals surface area contributed by atoms with Crippen LogP contribution in [0.15, 0.2) is 24.5 Å². The lowest BCUT2D eigenvalue weighted by Crippen LogP contribution is -2.46. The molecule has 9 nitrogen and oxygen atoms in total. The van der Waals surface area contributed by atoms with Crippen LogP contribution >= 0.6 is 0 Å². The summed E-state index contributed by atoms with van der Waals surface area (Å²) in [6.07, 6.45) is 8.82. The van der Waals surface area contributed by atoms with Crippen LogP contribution in [0.1, 0.15) is 51.5 Å². The first-order valence-electron chi connectivity index (χ1n) is 14.8. The second-order valence-electron chi connectivity index (χ2n) is 12.4. The number of allylic oxidation sites excluding steroid dienone is 1. The summed E-state index contributed by atoms with van der Waals surface area (Å²) in [6, 6.07) is 1.29. The van der Waals surface area contributed by atoms with Crippen LogP contribution in [-0.4, -0.2) is 85.3 Å². The summed E-state index contributed by atoms with van der Waals surface area (Å²) in [7, 11) is 0. The number of fused-ring (bicyclic) bond motifs is 3. The number of rotatable bonds is 6. The second-order valence-corrected chi connectivity index (χ2v) is 12.4. The van der Waals surface area contributed by atoms with Crippen LogP contribution in [0.25, 0.3) is 39.1 Å². The predicted molar refractivity (Wildman–Crippen MR) is 158 cm³/mol. The Labute approximate surface area is 246 Å². The highest BCUT2D eigenvalue weighted by atomic mass is 19.1. The van der Waals surface area contributed by atoms with Crippen molar-refractivity contribution in [2.24, 2.45) is 0 Å². The van der Waals surface area contributed by atoms with Crippen molar-refractivity contribution in [1.29, 1.82) is 0 Å². The third-order valence-corrected chi connectivity index (χ3v) is 9.15. The Kier molecular flexibility index (Phi) is 6.81. The summed E-state index contributed by atoms with van der Waals surface area (Å²) in [4.78, 5) is 17.8. The lowest BCUT2D eigenvalue weighted by atomic mass is 9.95. The number of hydrogen-bond donors (Lipinski definition) is 2. The molecule has 0 bridgehead atoms. The molecule has 4 aromatic rings. The van der Waals surface area contributed by atoms with Crippen molar-refractivity contribution in [2.75, 3.05) is 37.7 Å². The predicted octanol–water partition coefficient (Wildman–Crippen LogP) is 5.19. The molecular weight excluding hydrogens is 559 g/mol. The third-order valence-electron chi connectivity index (χ3n) is 9.15. The highest BCUT2D eigenvalue weighted by Crippen LogP contribution is 2.42. The summed E-state index contributed by atoms with van der Waals surface area (Å²) in [6.45, 7) is 5.77. The van der Waals surface area contributed by atoms with Crippen molar-refractivity contribution in [3.8, 4) is 17.3 Å². The van der Waals surface area contributed by atoms with Crippen molar-refractivity contribution in [3.05, 3.63) is 41.7 Å². The maximum absolute atomic E-state index is 16.7. The van der Waals surface area contributed by atoms with Crippen molar-refractivity contribution < 1.29 is 23.0 Å². The average molecular weight is 594 g/mol.